The van der Waals surface area contributed by atoms with Gasteiger partial charge in [0, 0.05) is 12.6 Å². The quantitative estimate of drug-likeness (QED) is 0.571. The molecule has 92 valence electrons. The van der Waals surface area contributed by atoms with E-state index in [2.05, 4.69) is 10.9 Å². The van der Waals surface area contributed by atoms with E-state index in [9.17, 15) is 4.79 Å². The van der Waals surface area contributed by atoms with Gasteiger partial charge in [-0.05, 0) is 35.4 Å². The maximum Gasteiger partial charge on any atom is 0.235 e. The third-order valence-electron chi connectivity index (χ3n) is 2.51. The van der Waals surface area contributed by atoms with E-state index in [0.29, 0.717) is 0 Å². The SMILES string of the molecule is CC(=O)NNc1ccc(-c2ccc(N)cc2)cc1. The van der Waals surface area contributed by atoms with E-state index in [1.54, 1.807) is 0 Å². The molecule has 2 rings (SSSR count). The molecule has 0 spiro atoms. The fraction of sp³-hybridized carbons (Fsp3) is 0.0714. The largest absolute Gasteiger partial charge is 0.399 e. The van der Waals surface area contributed by atoms with Gasteiger partial charge < -0.3 is 5.73 Å². The van der Waals surface area contributed by atoms with Gasteiger partial charge in [0.2, 0.25) is 5.91 Å². The van der Waals surface area contributed by atoms with Gasteiger partial charge in [-0.25, -0.2) is 0 Å². The first-order valence-electron chi connectivity index (χ1n) is 5.64. The number of amides is 1. The summed E-state index contributed by atoms with van der Waals surface area (Å²) in [5.74, 6) is -0.127. The highest BCUT2D eigenvalue weighted by atomic mass is 16.2. The molecule has 0 heterocycles. The van der Waals surface area contributed by atoms with E-state index < -0.39 is 0 Å². The average molecular weight is 241 g/mol. The van der Waals surface area contributed by atoms with Crippen molar-refractivity contribution in [3.05, 3.63) is 48.5 Å². The number of nitrogens with one attached hydrogen (secondary N) is 2. The highest BCUT2D eigenvalue weighted by molar-refractivity contribution is 5.75. The van der Waals surface area contributed by atoms with Crippen LogP contribution in [0.1, 0.15) is 6.92 Å². The molecule has 18 heavy (non-hydrogen) atoms. The molecule has 0 bridgehead atoms. The van der Waals surface area contributed by atoms with Gasteiger partial charge in [0.1, 0.15) is 0 Å². The van der Waals surface area contributed by atoms with Crippen LogP contribution in [0, 0.1) is 0 Å². The van der Waals surface area contributed by atoms with Crippen LogP contribution >= 0.6 is 0 Å². The summed E-state index contributed by atoms with van der Waals surface area (Å²) >= 11 is 0. The number of hydrazine groups is 1. The predicted octanol–water partition coefficient (Wildman–Crippen LogP) is 2.40. The number of hydrogen-bond donors (Lipinski definition) is 3. The minimum atomic E-state index is -0.127. The first-order valence-corrected chi connectivity index (χ1v) is 5.64. The van der Waals surface area contributed by atoms with E-state index in [1.165, 1.54) is 6.92 Å². The van der Waals surface area contributed by atoms with Crippen molar-refractivity contribution in [3.8, 4) is 11.1 Å². The maximum atomic E-state index is 10.8. The number of carbonyl (C=O) groups excluding carboxylic acids is 1. The molecule has 2 aromatic carbocycles. The molecule has 4 N–H and O–H groups in total. The molecule has 0 unspecified atom stereocenters. The van der Waals surface area contributed by atoms with E-state index in [1.807, 2.05) is 48.5 Å². The van der Waals surface area contributed by atoms with Crippen molar-refractivity contribution in [2.75, 3.05) is 11.2 Å². The number of hydrogen-bond acceptors (Lipinski definition) is 3. The molecule has 0 radical (unpaired) electrons. The second-order valence-corrected chi connectivity index (χ2v) is 4.01. The van der Waals surface area contributed by atoms with Gasteiger partial charge in [-0.3, -0.25) is 15.6 Å². The Balaban J connectivity index is 2.12. The van der Waals surface area contributed by atoms with Crippen LogP contribution in [-0.2, 0) is 4.79 Å². The standard InChI is InChI=1S/C14H15N3O/c1-10(18)16-17-14-8-4-12(5-9-14)11-2-6-13(15)7-3-11/h2-9,17H,15H2,1H3,(H,16,18). The Morgan fingerprint density at radius 2 is 1.44 bits per heavy atom. The Morgan fingerprint density at radius 1 is 0.944 bits per heavy atom. The summed E-state index contributed by atoms with van der Waals surface area (Å²) in [4.78, 5) is 10.8. The molecule has 4 heteroatoms. The first kappa shape index (κ1) is 12.0. The Labute approximate surface area is 106 Å². The maximum absolute atomic E-state index is 10.8. The second-order valence-electron chi connectivity index (χ2n) is 4.01. The zero-order chi connectivity index (χ0) is 13.0. The molecule has 2 aromatic rings. The van der Waals surface area contributed by atoms with E-state index in [4.69, 9.17) is 5.73 Å². The number of carbonyl (C=O) groups is 1. The summed E-state index contributed by atoms with van der Waals surface area (Å²) in [6.45, 7) is 1.45. The van der Waals surface area contributed by atoms with E-state index >= 15 is 0 Å². The van der Waals surface area contributed by atoms with Crippen molar-refractivity contribution in [1.29, 1.82) is 0 Å². The van der Waals surface area contributed by atoms with Gasteiger partial charge >= 0.3 is 0 Å². The van der Waals surface area contributed by atoms with Gasteiger partial charge in [0.05, 0.1) is 5.69 Å². The number of anilines is 2. The second kappa shape index (κ2) is 5.23. The monoisotopic (exact) mass is 241 g/mol. The topological polar surface area (TPSA) is 67.2 Å². The third-order valence-corrected chi connectivity index (χ3v) is 2.51. The molecular formula is C14H15N3O. The summed E-state index contributed by atoms with van der Waals surface area (Å²) in [6, 6.07) is 15.5. The molecule has 4 nitrogen and oxygen atoms in total. The number of nitrogen functional groups attached to an aromatic ring is 1. The van der Waals surface area contributed by atoms with E-state index in [-0.39, 0.29) is 5.91 Å². The fourth-order valence-corrected chi connectivity index (χ4v) is 1.58. The van der Waals surface area contributed by atoms with Crippen molar-refractivity contribution < 1.29 is 4.79 Å². The van der Waals surface area contributed by atoms with Crippen LogP contribution in [0.2, 0.25) is 0 Å². The van der Waals surface area contributed by atoms with Crippen molar-refractivity contribution in [1.82, 2.24) is 5.43 Å². The zero-order valence-electron chi connectivity index (χ0n) is 10.1. The Hall–Kier alpha value is -2.49. The Kier molecular flexibility index (Phi) is 3.48. The van der Waals surface area contributed by atoms with Crippen LogP contribution in [0.15, 0.2) is 48.5 Å². The molecule has 0 aliphatic carbocycles. The Morgan fingerprint density at radius 3 is 1.94 bits per heavy atom. The van der Waals surface area contributed by atoms with Crippen LogP contribution in [0.4, 0.5) is 11.4 Å². The molecular weight excluding hydrogens is 226 g/mol. The number of rotatable bonds is 3. The lowest BCUT2D eigenvalue weighted by molar-refractivity contribution is -0.118. The summed E-state index contributed by atoms with van der Waals surface area (Å²) in [6.07, 6.45) is 0. The van der Waals surface area contributed by atoms with Crippen LogP contribution in [0.25, 0.3) is 11.1 Å². The van der Waals surface area contributed by atoms with Crippen LogP contribution < -0.4 is 16.6 Å². The summed E-state index contributed by atoms with van der Waals surface area (Å²) in [5, 5.41) is 0. The molecule has 0 aliphatic rings. The molecule has 0 fully saturated rings. The highest BCUT2D eigenvalue weighted by Gasteiger charge is 1.98. The smallest absolute Gasteiger partial charge is 0.235 e. The van der Waals surface area contributed by atoms with Gasteiger partial charge in [0.15, 0.2) is 0 Å². The average Bonchev–Trinajstić information content (AvgIpc) is 2.38. The zero-order valence-corrected chi connectivity index (χ0v) is 10.1. The van der Waals surface area contributed by atoms with Crippen molar-refractivity contribution in [2.24, 2.45) is 0 Å². The Bertz CT molecular complexity index is 532. The molecule has 0 saturated heterocycles. The first-order chi connectivity index (χ1) is 8.65. The summed E-state index contributed by atoms with van der Waals surface area (Å²) < 4.78 is 0. The van der Waals surface area contributed by atoms with Gasteiger partial charge in [-0.15, -0.1) is 0 Å². The normalized spacial score (nSPS) is 9.83. The third kappa shape index (κ3) is 3.01. The van der Waals surface area contributed by atoms with Crippen LogP contribution in [0.3, 0.4) is 0 Å². The fourth-order valence-electron chi connectivity index (χ4n) is 1.58. The predicted molar refractivity (Wildman–Crippen MR) is 73.7 cm³/mol. The summed E-state index contributed by atoms with van der Waals surface area (Å²) in [7, 11) is 0. The lowest BCUT2D eigenvalue weighted by Crippen LogP contribution is -2.26. The lowest BCUT2D eigenvalue weighted by atomic mass is 10.1. The highest BCUT2D eigenvalue weighted by Crippen LogP contribution is 2.22. The lowest BCUT2D eigenvalue weighted by Gasteiger charge is -2.07. The number of nitrogens with two attached hydrogens (primary N) is 1. The van der Waals surface area contributed by atoms with Crippen molar-refractivity contribution in [2.45, 2.75) is 6.92 Å². The molecule has 0 saturated carbocycles. The molecule has 0 atom stereocenters. The minimum Gasteiger partial charge on any atom is -0.399 e. The number of benzene rings is 2. The van der Waals surface area contributed by atoms with Crippen molar-refractivity contribution in [3.63, 3.8) is 0 Å². The minimum absolute atomic E-state index is 0.127. The van der Waals surface area contributed by atoms with Crippen molar-refractivity contribution >= 4 is 17.3 Å². The van der Waals surface area contributed by atoms with E-state index in [0.717, 1.165) is 22.5 Å². The van der Waals surface area contributed by atoms with Gasteiger partial charge in [-0.2, -0.15) is 0 Å². The molecule has 1 amide bonds. The summed E-state index contributed by atoms with van der Waals surface area (Å²) in [5.41, 5.74) is 14.8. The van der Waals surface area contributed by atoms with Crippen LogP contribution in [0.5, 0.6) is 0 Å². The van der Waals surface area contributed by atoms with Gasteiger partial charge in [-0.1, -0.05) is 24.3 Å². The van der Waals surface area contributed by atoms with Gasteiger partial charge in [0.25, 0.3) is 0 Å². The van der Waals surface area contributed by atoms with Crippen LogP contribution in [-0.4, -0.2) is 5.91 Å². The molecule has 0 aromatic heterocycles. The molecule has 0 aliphatic heterocycles.